The van der Waals surface area contributed by atoms with E-state index in [-0.39, 0.29) is 16.8 Å². The average Bonchev–Trinajstić information content (AvgIpc) is 2.96. The highest BCUT2D eigenvalue weighted by molar-refractivity contribution is 5.62. The van der Waals surface area contributed by atoms with Gasteiger partial charge in [0, 0.05) is 36.6 Å². The van der Waals surface area contributed by atoms with Crippen molar-refractivity contribution in [3.63, 3.8) is 0 Å². The molecule has 26 heavy (non-hydrogen) atoms. The van der Waals surface area contributed by atoms with Crippen molar-refractivity contribution < 1.29 is 31.1 Å². The van der Waals surface area contributed by atoms with Crippen LogP contribution in [0.25, 0.3) is 16.8 Å². The smallest absolute Gasteiger partial charge is 0.422 e. The van der Waals surface area contributed by atoms with Crippen molar-refractivity contribution in [1.82, 2.24) is 19.4 Å². The summed E-state index contributed by atoms with van der Waals surface area (Å²) in [4.78, 5) is 11.1. The molecule has 3 heterocycles. The molecule has 0 atom stereocenters. The number of halogens is 6. The summed E-state index contributed by atoms with van der Waals surface area (Å²) in [6, 6.07) is 0.877. The van der Waals surface area contributed by atoms with Gasteiger partial charge in [0.15, 0.2) is 23.9 Å². The first-order chi connectivity index (χ1) is 12.0. The molecule has 0 N–H and O–H groups in total. The molecule has 11 heteroatoms. The molecule has 3 rings (SSSR count). The molecular weight excluding hydrogens is 366 g/mol. The first-order valence-corrected chi connectivity index (χ1v) is 7.11. The Hall–Kier alpha value is -2.85. The summed E-state index contributed by atoms with van der Waals surface area (Å²) in [5.74, 6) is -5.73. The summed E-state index contributed by atoms with van der Waals surface area (Å²) >= 11 is 0. The summed E-state index contributed by atoms with van der Waals surface area (Å²) in [6.45, 7) is -1.02. The van der Waals surface area contributed by atoms with Crippen LogP contribution in [-0.2, 0) is 5.92 Å². The number of hydrogen-bond donors (Lipinski definition) is 0. The number of imidazole rings is 1. The maximum atomic E-state index is 13.9. The summed E-state index contributed by atoms with van der Waals surface area (Å²) in [7, 11) is 0. The number of aromatic nitrogens is 4. The van der Waals surface area contributed by atoms with E-state index in [0.717, 1.165) is 22.9 Å². The summed E-state index contributed by atoms with van der Waals surface area (Å²) < 4.78 is 82.7. The van der Waals surface area contributed by atoms with E-state index in [1.165, 1.54) is 12.4 Å². The number of rotatable bonds is 4. The van der Waals surface area contributed by atoms with E-state index in [9.17, 15) is 26.3 Å². The van der Waals surface area contributed by atoms with Crippen molar-refractivity contribution in [3.8, 4) is 17.0 Å². The van der Waals surface area contributed by atoms with Crippen LogP contribution in [0.3, 0.4) is 0 Å². The molecule has 0 aliphatic heterocycles. The number of alkyl halides is 5. The molecule has 0 aliphatic carbocycles. The number of ether oxygens (including phenoxy) is 1. The van der Waals surface area contributed by atoms with E-state index >= 15 is 0 Å². The van der Waals surface area contributed by atoms with Gasteiger partial charge in [0.1, 0.15) is 0 Å². The molecule has 0 saturated carbocycles. The number of nitrogens with zero attached hydrogens (tertiary/aromatic N) is 4. The van der Waals surface area contributed by atoms with Crippen LogP contribution in [0.5, 0.6) is 5.88 Å². The van der Waals surface area contributed by atoms with E-state index in [4.69, 9.17) is 0 Å². The fourth-order valence-electron chi connectivity index (χ4n) is 2.20. The zero-order valence-electron chi connectivity index (χ0n) is 13.1. The second-order valence-electron chi connectivity index (χ2n) is 5.46. The first kappa shape index (κ1) is 18.0. The summed E-state index contributed by atoms with van der Waals surface area (Å²) in [5, 5.41) is 0. The minimum Gasteiger partial charge on any atom is -0.466 e. The van der Waals surface area contributed by atoms with Gasteiger partial charge in [-0.1, -0.05) is 0 Å². The number of hydrogen-bond acceptors (Lipinski definition) is 4. The van der Waals surface area contributed by atoms with Crippen molar-refractivity contribution in [2.45, 2.75) is 19.0 Å². The maximum Gasteiger partial charge on any atom is 0.422 e. The standard InChI is InChI=1S/C15H10F6N4O/c1-14(17,18)13-24-5-11-22-4-9(6-25(11)13)8-2-10(16)12(23-3-8)26-7-15(19,20)21/h2-6H,7H2,1H3. The molecule has 0 spiro atoms. The molecule has 0 amide bonds. The Morgan fingerprint density at radius 3 is 2.31 bits per heavy atom. The van der Waals surface area contributed by atoms with Gasteiger partial charge in [0.2, 0.25) is 0 Å². The molecule has 0 saturated heterocycles. The molecular formula is C15H10F6N4O. The van der Waals surface area contributed by atoms with E-state index in [1.54, 1.807) is 0 Å². The molecule has 0 aromatic carbocycles. The van der Waals surface area contributed by atoms with Gasteiger partial charge in [-0.05, 0) is 6.07 Å². The van der Waals surface area contributed by atoms with Crippen molar-refractivity contribution in [2.24, 2.45) is 0 Å². The molecule has 0 unspecified atom stereocenters. The quantitative estimate of drug-likeness (QED) is 0.647. The Labute approximate surface area is 142 Å². The molecule has 0 fully saturated rings. The highest BCUT2D eigenvalue weighted by Crippen LogP contribution is 2.28. The van der Waals surface area contributed by atoms with Crippen LogP contribution in [-0.4, -0.2) is 32.1 Å². The van der Waals surface area contributed by atoms with Crippen molar-refractivity contribution in [2.75, 3.05) is 6.61 Å². The van der Waals surface area contributed by atoms with Crippen LogP contribution in [0, 0.1) is 5.82 Å². The monoisotopic (exact) mass is 376 g/mol. The van der Waals surface area contributed by atoms with Gasteiger partial charge >= 0.3 is 12.1 Å². The van der Waals surface area contributed by atoms with Gasteiger partial charge in [-0.15, -0.1) is 0 Å². The zero-order chi connectivity index (χ0) is 19.1. The molecule has 3 aromatic rings. The van der Waals surface area contributed by atoms with E-state index in [1.807, 2.05) is 0 Å². The topological polar surface area (TPSA) is 52.3 Å². The minimum atomic E-state index is -4.63. The minimum absolute atomic E-state index is 0.121. The van der Waals surface area contributed by atoms with Crippen LogP contribution in [0.1, 0.15) is 12.7 Å². The zero-order valence-corrected chi connectivity index (χ0v) is 13.1. The van der Waals surface area contributed by atoms with Gasteiger partial charge in [-0.2, -0.15) is 22.0 Å². The Morgan fingerprint density at radius 1 is 1.00 bits per heavy atom. The first-order valence-electron chi connectivity index (χ1n) is 7.11. The summed E-state index contributed by atoms with van der Waals surface area (Å²) in [6.07, 6.45) is 0.114. The Bertz CT molecular complexity index is 947. The van der Waals surface area contributed by atoms with E-state index in [2.05, 4.69) is 19.7 Å². The Balaban J connectivity index is 1.95. The van der Waals surface area contributed by atoms with Crippen molar-refractivity contribution >= 4 is 5.65 Å². The van der Waals surface area contributed by atoms with Crippen LogP contribution >= 0.6 is 0 Å². The van der Waals surface area contributed by atoms with Crippen LogP contribution < -0.4 is 4.74 Å². The lowest BCUT2D eigenvalue weighted by atomic mass is 10.1. The average molecular weight is 376 g/mol. The third kappa shape index (κ3) is 3.70. The van der Waals surface area contributed by atoms with Gasteiger partial charge in [0.05, 0.1) is 6.20 Å². The third-order valence-corrected chi connectivity index (χ3v) is 3.29. The molecule has 0 radical (unpaired) electrons. The largest absolute Gasteiger partial charge is 0.466 e. The third-order valence-electron chi connectivity index (χ3n) is 3.29. The van der Waals surface area contributed by atoms with E-state index < -0.39 is 36.2 Å². The number of fused-ring (bicyclic) bond motifs is 1. The van der Waals surface area contributed by atoms with Gasteiger partial charge in [0.25, 0.3) is 5.88 Å². The maximum absolute atomic E-state index is 13.9. The molecule has 0 aliphatic rings. The molecule has 138 valence electrons. The van der Waals surface area contributed by atoms with Gasteiger partial charge in [-0.3, -0.25) is 4.40 Å². The Morgan fingerprint density at radius 2 is 1.69 bits per heavy atom. The van der Waals surface area contributed by atoms with E-state index in [0.29, 0.717) is 6.92 Å². The molecule has 5 nitrogen and oxygen atoms in total. The van der Waals surface area contributed by atoms with Gasteiger partial charge < -0.3 is 4.74 Å². The van der Waals surface area contributed by atoms with Crippen LogP contribution in [0.2, 0.25) is 0 Å². The normalized spacial score (nSPS) is 12.6. The SMILES string of the molecule is CC(F)(F)c1ncc2ncc(-c3cnc(OCC(F)(F)F)c(F)c3)cn12. The highest BCUT2D eigenvalue weighted by Gasteiger charge is 2.30. The second-order valence-corrected chi connectivity index (χ2v) is 5.46. The van der Waals surface area contributed by atoms with Crippen LogP contribution in [0.4, 0.5) is 26.3 Å². The lowest BCUT2D eigenvalue weighted by Gasteiger charge is -2.11. The number of pyridine rings is 1. The fourth-order valence-corrected chi connectivity index (χ4v) is 2.20. The highest BCUT2D eigenvalue weighted by atomic mass is 19.4. The van der Waals surface area contributed by atoms with Crippen LogP contribution in [0.15, 0.2) is 30.9 Å². The van der Waals surface area contributed by atoms with Crippen molar-refractivity contribution in [3.05, 3.63) is 42.5 Å². The predicted octanol–water partition coefficient (Wildman–Crippen LogP) is 3.98. The van der Waals surface area contributed by atoms with Gasteiger partial charge in [-0.25, -0.2) is 19.3 Å². The lowest BCUT2D eigenvalue weighted by Crippen LogP contribution is -2.20. The Kier molecular flexibility index (Phi) is 4.24. The predicted molar refractivity (Wildman–Crippen MR) is 77.3 cm³/mol. The summed E-state index contributed by atoms with van der Waals surface area (Å²) in [5.41, 5.74) is 0.494. The molecule has 3 aromatic heterocycles. The second kappa shape index (κ2) is 6.15. The lowest BCUT2D eigenvalue weighted by molar-refractivity contribution is -0.154. The molecule has 0 bridgehead atoms. The van der Waals surface area contributed by atoms with Crippen molar-refractivity contribution in [1.29, 1.82) is 0 Å². The fraction of sp³-hybridized carbons (Fsp3) is 0.267.